The van der Waals surface area contributed by atoms with Crippen LogP contribution < -0.4 is 0 Å². The van der Waals surface area contributed by atoms with Gasteiger partial charge in [-0.05, 0) is 40.6 Å². The molecule has 4 aromatic carbocycles. The van der Waals surface area contributed by atoms with Gasteiger partial charge in [-0.15, -0.1) is 11.3 Å². The molecule has 0 aliphatic heterocycles. The molecule has 0 saturated carbocycles. The van der Waals surface area contributed by atoms with E-state index in [1.807, 2.05) is 25.2 Å². The quantitative estimate of drug-likeness (QED) is 0.161. The fourth-order valence-electron chi connectivity index (χ4n) is 4.52. The molecule has 2 heterocycles. The molecule has 0 aliphatic rings. The monoisotopic (exact) mass is 437 g/mol. The van der Waals surface area contributed by atoms with Crippen molar-refractivity contribution in [1.82, 2.24) is 4.98 Å². The van der Waals surface area contributed by atoms with Gasteiger partial charge in [0, 0.05) is 37.3 Å². The summed E-state index contributed by atoms with van der Waals surface area (Å²) in [5.74, 6) is 0.0416. The lowest BCUT2D eigenvalue weighted by atomic mass is 9.96. The van der Waals surface area contributed by atoms with E-state index < -0.39 is 0 Å². The van der Waals surface area contributed by atoms with E-state index in [0.717, 1.165) is 16.5 Å². The third-order valence-electron chi connectivity index (χ3n) is 5.73. The number of nitrogens with one attached hydrogen (secondary N) is 1. The first-order valence-electron chi connectivity index (χ1n) is 10.5. The standard InChI is InChI=1S/C26H17NOS.C2H6.CH4/c1-3-6-18(14(2)28)17-11-15-9-10-16-12-20-19-7-4-5-8-22(19)29-26(20)25-24(16)23(15)21(13-17)27-25;1-2;/h3-13,27-28H,1-2H2;1-2H3;1H4/b18-6+;;. The van der Waals surface area contributed by atoms with Crippen molar-refractivity contribution in [3.63, 3.8) is 0 Å². The molecule has 2 N–H and O–H groups in total. The van der Waals surface area contributed by atoms with Crippen LogP contribution in [0, 0.1) is 0 Å². The van der Waals surface area contributed by atoms with Gasteiger partial charge in [-0.2, -0.15) is 0 Å². The van der Waals surface area contributed by atoms with Gasteiger partial charge < -0.3 is 10.1 Å². The zero-order valence-electron chi connectivity index (χ0n) is 17.6. The second-order valence-electron chi connectivity index (χ2n) is 7.40. The van der Waals surface area contributed by atoms with Crippen molar-refractivity contribution in [3.8, 4) is 0 Å². The molecular weight excluding hydrogens is 410 g/mol. The van der Waals surface area contributed by atoms with Crippen LogP contribution in [0.2, 0.25) is 0 Å². The third-order valence-corrected chi connectivity index (χ3v) is 6.93. The molecule has 32 heavy (non-hydrogen) atoms. The Labute approximate surface area is 192 Å². The SMILES string of the molecule is C.C=C/C=C(\C(=C)O)c1cc2ccc3cc4c5ccccc5sc4c4[nH]c(c1)c2c34.CC. The van der Waals surface area contributed by atoms with Gasteiger partial charge in [0.2, 0.25) is 0 Å². The summed E-state index contributed by atoms with van der Waals surface area (Å²) in [6.07, 6.45) is 3.47. The van der Waals surface area contributed by atoms with Crippen LogP contribution >= 0.6 is 11.3 Å². The molecule has 0 amide bonds. The molecule has 0 radical (unpaired) electrons. The van der Waals surface area contributed by atoms with E-state index in [-0.39, 0.29) is 13.2 Å². The third kappa shape index (κ3) is 3.01. The number of benzene rings is 4. The van der Waals surface area contributed by atoms with E-state index in [1.54, 1.807) is 12.2 Å². The highest BCUT2D eigenvalue weighted by atomic mass is 32.1. The van der Waals surface area contributed by atoms with Crippen LogP contribution in [0.1, 0.15) is 26.8 Å². The van der Waals surface area contributed by atoms with E-state index >= 15 is 0 Å². The van der Waals surface area contributed by atoms with Gasteiger partial charge >= 0.3 is 0 Å². The van der Waals surface area contributed by atoms with Gasteiger partial charge in [-0.3, -0.25) is 0 Å². The molecule has 0 spiro atoms. The second-order valence-corrected chi connectivity index (χ2v) is 8.45. The smallest absolute Gasteiger partial charge is 0.116 e. The zero-order valence-corrected chi connectivity index (χ0v) is 18.4. The minimum atomic E-state index is 0. The summed E-state index contributed by atoms with van der Waals surface area (Å²) in [6, 6.07) is 19.5. The lowest BCUT2D eigenvalue weighted by Crippen LogP contribution is -1.88. The first kappa shape index (κ1) is 21.7. The highest BCUT2D eigenvalue weighted by molar-refractivity contribution is 7.26. The highest BCUT2D eigenvalue weighted by Crippen LogP contribution is 2.44. The number of allylic oxidation sites excluding steroid dienone is 3. The van der Waals surface area contributed by atoms with E-state index in [9.17, 15) is 5.11 Å². The van der Waals surface area contributed by atoms with Crippen molar-refractivity contribution < 1.29 is 5.11 Å². The minimum Gasteiger partial charge on any atom is -0.508 e. The first-order valence-corrected chi connectivity index (χ1v) is 11.3. The number of thiophene rings is 1. The maximum absolute atomic E-state index is 10.1. The van der Waals surface area contributed by atoms with Gasteiger partial charge in [0.1, 0.15) is 5.76 Å². The zero-order chi connectivity index (χ0) is 21.7. The molecule has 0 saturated heterocycles. The molecule has 0 unspecified atom stereocenters. The van der Waals surface area contributed by atoms with Crippen LogP contribution in [0.4, 0.5) is 0 Å². The average Bonchev–Trinajstić information content (AvgIpc) is 3.36. The van der Waals surface area contributed by atoms with Crippen LogP contribution in [0.5, 0.6) is 0 Å². The Hall–Kier alpha value is -3.56. The molecule has 6 rings (SSSR count). The minimum absolute atomic E-state index is 0. The molecule has 6 aromatic rings. The van der Waals surface area contributed by atoms with Crippen LogP contribution in [0.3, 0.4) is 0 Å². The molecule has 3 heteroatoms. The van der Waals surface area contributed by atoms with E-state index in [4.69, 9.17) is 0 Å². The molecule has 2 aromatic heterocycles. The number of fused-ring (bicyclic) bond motifs is 4. The molecule has 160 valence electrons. The number of aromatic nitrogens is 1. The summed E-state index contributed by atoms with van der Waals surface area (Å²) in [5, 5.41) is 17.6. The number of H-pyrrole nitrogens is 1. The number of hydrogen-bond acceptors (Lipinski definition) is 2. The molecule has 0 atom stereocenters. The summed E-state index contributed by atoms with van der Waals surface area (Å²) in [6.45, 7) is 11.5. The number of aromatic amines is 1. The van der Waals surface area contributed by atoms with Crippen LogP contribution in [0.15, 0.2) is 85.7 Å². The molecule has 0 fully saturated rings. The largest absolute Gasteiger partial charge is 0.508 e. The van der Waals surface area contributed by atoms with Crippen molar-refractivity contribution in [2.45, 2.75) is 21.3 Å². The fraction of sp³-hybridized carbons (Fsp3) is 0.103. The van der Waals surface area contributed by atoms with Crippen molar-refractivity contribution in [1.29, 1.82) is 0 Å². The molecule has 2 nitrogen and oxygen atoms in total. The summed E-state index contributed by atoms with van der Waals surface area (Å²) in [4.78, 5) is 3.69. The first-order chi connectivity index (χ1) is 15.2. The second kappa shape index (κ2) is 8.18. The number of aliphatic hydroxyl groups excluding tert-OH is 1. The Morgan fingerprint density at radius 1 is 0.969 bits per heavy atom. The summed E-state index contributed by atoms with van der Waals surface area (Å²) >= 11 is 1.83. The molecule has 0 aliphatic carbocycles. The van der Waals surface area contributed by atoms with Crippen molar-refractivity contribution in [2.24, 2.45) is 0 Å². The topological polar surface area (TPSA) is 36.0 Å². The predicted molar refractivity (Wildman–Crippen MR) is 145 cm³/mol. The van der Waals surface area contributed by atoms with Crippen LogP contribution in [-0.4, -0.2) is 10.1 Å². The normalized spacial score (nSPS) is 11.8. The highest BCUT2D eigenvalue weighted by Gasteiger charge is 2.18. The Morgan fingerprint density at radius 2 is 1.69 bits per heavy atom. The average molecular weight is 438 g/mol. The Balaban J connectivity index is 0.000000796. The summed E-state index contributed by atoms with van der Waals surface area (Å²) < 4.78 is 2.59. The Bertz CT molecular complexity index is 1640. The molecular formula is C29H27NOS. The molecule has 0 bridgehead atoms. The Kier molecular flexibility index (Phi) is 5.53. The number of hydrogen-bond donors (Lipinski definition) is 2. The van der Waals surface area contributed by atoms with Gasteiger partial charge in [0.15, 0.2) is 0 Å². The van der Waals surface area contributed by atoms with Crippen molar-refractivity contribution >= 4 is 69.7 Å². The van der Waals surface area contributed by atoms with Gasteiger partial charge in [0.25, 0.3) is 0 Å². The van der Waals surface area contributed by atoms with Crippen LogP contribution in [-0.2, 0) is 0 Å². The van der Waals surface area contributed by atoms with Crippen LogP contribution in [0.25, 0.3) is 58.3 Å². The maximum atomic E-state index is 10.1. The van der Waals surface area contributed by atoms with Gasteiger partial charge in [0.05, 0.1) is 10.2 Å². The lowest BCUT2D eigenvalue weighted by Gasteiger charge is -2.08. The van der Waals surface area contributed by atoms with Crippen molar-refractivity contribution in [2.75, 3.05) is 0 Å². The van der Waals surface area contributed by atoms with E-state index in [2.05, 4.69) is 72.7 Å². The van der Waals surface area contributed by atoms with Gasteiger partial charge in [-0.1, -0.05) is 76.9 Å². The van der Waals surface area contributed by atoms with Gasteiger partial charge in [-0.25, -0.2) is 0 Å². The van der Waals surface area contributed by atoms with E-state index in [1.165, 1.54) is 41.8 Å². The summed E-state index contributed by atoms with van der Waals surface area (Å²) in [7, 11) is 0. The Morgan fingerprint density at radius 3 is 2.41 bits per heavy atom. The summed E-state index contributed by atoms with van der Waals surface area (Å²) in [5.41, 5.74) is 3.86. The van der Waals surface area contributed by atoms with Crippen molar-refractivity contribution in [3.05, 3.63) is 91.2 Å². The van der Waals surface area contributed by atoms with E-state index in [0.29, 0.717) is 5.57 Å². The predicted octanol–water partition coefficient (Wildman–Crippen LogP) is 9.58. The maximum Gasteiger partial charge on any atom is 0.116 e. The fourth-order valence-corrected chi connectivity index (χ4v) is 5.71. The number of aliphatic hydroxyl groups is 1. The number of rotatable bonds is 3. The lowest BCUT2D eigenvalue weighted by molar-refractivity contribution is 0.440.